The van der Waals surface area contributed by atoms with Crippen molar-refractivity contribution in [3.8, 4) is 0 Å². The Hall–Kier alpha value is -0.770. The first-order chi connectivity index (χ1) is 8.16. The Morgan fingerprint density at radius 2 is 2.06 bits per heavy atom. The van der Waals surface area contributed by atoms with Gasteiger partial charge in [-0.05, 0) is 40.0 Å². The van der Waals surface area contributed by atoms with Crippen molar-refractivity contribution in [2.24, 2.45) is 5.41 Å². The summed E-state index contributed by atoms with van der Waals surface area (Å²) in [6, 6.07) is 0. The minimum Gasteiger partial charge on any atom is -0.444 e. The summed E-state index contributed by atoms with van der Waals surface area (Å²) in [5, 5.41) is 2.87. The highest BCUT2D eigenvalue weighted by molar-refractivity contribution is 5.67. The van der Waals surface area contributed by atoms with Gasteiger partial charge < -0.3 is 14.8 Å². The fraction of sp³-hybridized carbons (Fsp3) is 0.929. The maximum absolute atomic E-state index is 11.7. The first kappa shape index (κ1) is 13.7. The second-order valence-electron chi connectivity index (χ2n) is 7.13. The molecule has 1 amide bonds. The number of hydrogen-bond donors (Lipinski definition) is 1. The summed E-state index contributed by atoms with van der Waals surface area (Å²) >= 11 is 0. The molecular weight excluding hydrogens is 230 g/mol. The van der Waals surface area contributed by atoms with E-state index in [0.717, 1.165) is 12.8 Å². The second-order valence-corrected chi connectivity index (χ2v) is 7.13. The highest BCUT2D eigenvalue weighted by atomic mass is 16.6. The second kappa shape index (κ2) is 4.12. The van der Waals surface area contributed by atoms with Gasteiger partial charge in [-0.2, -0.15) is 0 Å². The molecule has 18 heavy (non-hydrogen) atoms. The van der Waals surface area contributed by atoms with Gasteiger partial charge in [-0.25, -0.2) is 4.79 Å². The molecule has 1 N–H and O–H groups in total. The van der Waals surface area contributed by atoms with Crippen molar-refractivity contribution < 1.29 is 14.3 Å². The Morgan fingerprint density at radius 1 is 1.39 bits per heavy atom. The van der Waals surface area contributed by atoms with Crippen LogP contribution in [0, 0.1) is 5.41 Å². The highest BCUT2D eigenvalue weighted by Gasteiger charge is 2.66. The van der Waals surface area contributed by atoms with E-state index in [4.69, 9.17) is 9.47 Å². The molecule has 0 bridgehead atoms. The lowest BCUT2D eigenvalue weighted by Crippen LogP contribution is -2.45. The maximum atomic E-state index is 11.7. The summed E-state index contributed by atoms with van der Waals surface area (Å²) in [5.74, 6) is 0. The number of fused-ring (bicyclic) bond motifs is 1. The summed E-state index contributed by atoms with van der Waals surface area (Å²) in [7, 11) is 0. The van der Waals surface area contributed by atoms with Gasteiger partial charge in [0.25, 0.3) is 0 Å². The molecular formula is C14H25NO3. The van der Waals surface area contributed by atoms with Gasteiger partial charge in [-0.15, -0.1) is 0 Å². The minimum absolute atomic E-state index is 0.00200. The van der Waals surface area contributed by atoms with Crippen LogP contribution in [-0.4, -0.2) is 29.9 Å². The van der Waals surface area contributed by atoms with E-state index in [9.17, 15) is 4.79 Å². The SMILES string of the molecule is CC(C)(C)OC(=O)NCC(C)(C)C12CCCC1O2. The van der Waals surface area contributed by atoms with Crippen molar-refractivity contribution in [3.05, 3.63) is 0 Å². The first-order valence-electron chi connectivity index (χ1n) is 6.81. The van der Waals surface area contributed by atoms with Crippen LogP contribution in [0.4, 0.5) is 4.79 Å². The molecule has 4 nitrogen and oxygen atoms in total. The number of alkyl carbamates (subject to hydrolysis) is 1. The van der Waals surface area contributed by atoms with Gasteiger partial charge in [0.05, 0.1) is 6.10 Å². The molecule has 0 radical (unpaired) electrons. The Morgan fingerprint density at radius 3 is 2.50 bits per heavy atom. The van der Waals surface area contributed by atoms with E-state index in [2.05, 4.69) is 19.2 Å². The zero-order chi connectivity index (χ0) is 13.6. The first-order valence-corrected chi connectivity index (χ1v) is 6.81. The molecule has 0 aromatic carbocycles. The zero-order valence-electron chi connectivity index (χ0n) is 12.1. The average Bonchev–Trinajstić information content (AvgIpc) is 2.78. The Bertz CT molecular complexity index is 345. The van der Waals surface area contributed by atoms with Crippen LogP contribution >= 0.6 is 0 Å². The predicted molar refractivity (Wildman–Crippen MR) is 69.5 cm³/mol. The Balaban J connectivity index is 1.84. The van der Waals surface area contributed by atoms with Crippen LogP contribution in [-0.2, 0) is 9.47 Å². The van der Waals surface area contributed by atoms with Crippen LogP contribution in [0.1, 0.15) is 53.9 Å². The zero-order valence-corrected chi connectivity index (χ0v) is 12.1. The quantitative estimate of drug-likeness (QED) is 0.789. The van der Waals surface area contributed by atoms with Crippen LogP contribution in [0.25, 0.3) is 0 Å². The molecule has 1 saturated carbocycles. The molecule has 104 valence electrons. The largest absolute Gasteiger partial charge is 0.444 e. The summed E-state index contributed by atoms with van der Waals surface area (Å²) in [6.45, 7) is 10.5. The third-order valence-corrected chi connectivity index (χ3v) is 4.05. The van der Waals surface area contributed by atoms with Crippen LogP contribution in [0.2, 0.25) is 0 Å². The van der Waals surface area contributed by atoms with E-state index >= 15 is 0 Å². The average molecular weight is 255 g/mol. The molecule has 1 saturated heterocycles. The van der Waals surface area contributed by atoms with E-state index in [-0.39, 0.29) is 17.1 Å². The van der Waals surface area contributed by atoms with Gasteiger partial charge in [0.15, 0.2) is 0 Å². The molecule has 2 aliphatic rings. The van der Waals surface area contributed by atoms with E-state index < -0.39 is 5.60 Å². The van der Waals surface area contributed by atoms with Crippen LogP contribution in [0.3, 0.4) is 0 Å². The molecule has 2 unspecified atom stereocenters. The van der Waals surface area contributed by atoms with Gasteiger partial charge in [-0.1, -0.05) is 13.8 Å². The Kier molecular flexibility index (Phi) is 3.13. The van der Waals surface area contributed by atoms with Gasteiger partial charge in [-0.3, -0.25) is 0 Å². The number of epoxide rings is 1. The number of carbonyl (C=O) groups is 1. The van der Waals surface area contributed by atoms with Crippen LogP contribution in [0.15, 0.2) is 0 Å². The van der Waals surface area contributed by atoms with Crippen LogP contribution in [0.5, 0.6) is 0 Å². The monoisotopic (exact) mass is 255 g/mol. The molecule has 4 heteroatoms. The molecule has 0 aromatic heterocycles. The smallest absolute Gasteiger partial charge is 0.407 e. The van der Waals surface area contributed by atoms with E-state index in [0.29, 0.717) is 12.6 Å². The topological polar surface area (TPSA) is 50.9 Å². The number of hydrogen-bond acceptors (Lipinski definition) is 3. The standard InChI is InChI=1S/C14H25NO3/c1-12(2,3)18-11(16)15-9-13(4,5)14-8-6-7-10(14)17-14/h10H,6-9H2,1-5H3,(H,15,16). The summed E-state index contributed by atoms with van der Waals surface area (Å²) in [6.07, 6.45) is 3.58. The van der Waals surface area contributed by atoms with Crippen LogP contribution < -0.4 is 5.32 Å². The van der Waals surface area contributed by atoms with Crippen molar-refractivity contribution in [2.75, 3.05) is 6.54 Å². The molecule has 2 atom stereocenters. The van der Waals surface area contributed by atoms with E-state index in [1.54, 1.807) is 0 Å². The lowest BCUT2D eigenvalue weighted by molar-refractivity contribution is 0.0467. The number of amides is 1. The van der Waals surface area contributed by atoms with E-state index in [1.165, 1.54) is 6.42 Å². The summed E-state index contributed by atoms with van der Waals surface area (Å²) in [4.78, 5) is 11.7. The number of nitrogens with one attached hydrogen (secondary N) is 1. The fourth-order valence-electron chi connectivity index (χ4n) is 2.97. The van der Waals surface area contributed by atoms with E-state index in [1.807, 2.05) is 20.8 Å². The lowest BCUT2D eigenvalue weighted by atomic mass is 9.77. The van der Waals surface area contributed by atoms with Crippen molar-refractivity contribution in [3.63, 3.8) is 0 Å². The number of carbonyl (C=O) groups excluding carboxylic acids is 1. The van der Waals surface area contributed by atoms with Gasteiger partial charge >= 0.3 is 6.09 Å². The summed E-state index contributed by atoms with van der Waals surface area (Å²) in [5.41, 5.74) is -0.481. The summed E-state index contributed by atoms with van der Waals surface area (Å²) < 4.78 is 11.1. The van der Waals surface area contributed by atoms with Gasteiger partial charge in [0.2, 0.25) is 0 Å². The highest BCUT2D eigenvalue weighted by Crippen LogP contribution is 2.59. The third-order valence-electron chi connectivity index (χ3n) is 4.05. The fourth-order valence-corrected chi connectivity index (χ4v) is 2.97. The predicted octanol–water partition coefficient (Wildman–Crippen LogP) is 2.86. The van der Waals surface area contributed by atoms with Crippen molar-refractivity contribution in [1.82, 2.24) is 5.32 Å². The molecule has 1 heterocycles. The van der Waals surface area contributed by atoms with Crippen molar-refractivity contribution >= 4 is 6.09 Å². The maximum Gasteiger partial charge on any atom is 0.407 e. The molecule has 0 spiro atoms. The molecule has 0 aromatic rings. The molecule has 2 rings (SSSR count). The van der Waals surface area contributed by atoms with Crippen molar-refractivity contribution in [2.45, 2.75) is 71.2 Å². The lowest BCUT2D eigenvalue weighted by Gasteiger charge is -2.31. The molecule has 1 aliphatic carbocycles. The van der Waals surface area contributed by atoms with Crippen molar-refractivity contribution in [1.29, 1.82) is 0 Å². The Labute approximate surface area is 109 Å². The van der Waals surface area contributed by atoms with Gasteiger partial charge in [0, 0.05) is 12.0 Å². The normalized spacial score (nSPS) is 30.8. The number of rotatable bonds is 3. The number of ether oxygens (including phenoxy) is 2. The molecule has 1 aliphatic heterocycles. The molecule has 2 fully saturated rings. The third kappa shape index (κ3) is 2.48. The van der Waals surface area contributed by atoms with Gasteiger partial charge in [0.1, 0.15) is 11.2 Å². The minimum atomic E-state index is -0.446.